The lowest BCUT2D eigenvalue weighted by molar-refractivity contribution is -0.0605. The normalized spacial score (nSPS) is 22.7. The second-order valence-electron chi connectivity index (χ2n) is 6.57. The molecule has 3 heterocycles. The van der Waals surface area contributed by atoms with Gasteiger partial charge < -0.3 is 14.5 Å². The van der Waals surface area contributed by atoms with E-state index in [0.29, 0.717) is 19.7 Å². The Hall–Kier alpha value is -2.41. The zero-order valence-corrected chi connectivity index (χ0v) is 13.9. The van der Waals surface area contributed by atoms with Gasteiger partial charge in [0.2, 0.25) is 0 Å². The predicted molar refractivity (Wildman–Crippen MR) is 88.9 cm³/mol. The molecule has 2 aromatic rings. The summed E-state index contributed by atoms with van der Waals surface area (Å²) in [6, 6.07) is 7.78. The molecule has 0 bridgehead atoms. The van der Waals surface area contributed by atoms with Crippen molar-refractivity contribution in [2.24, 2.45) is 0 Å². The first-order valence-electron chi connectivity index (χ1n) is 8.21. The van der Waals surface area contributed by atoms with Crippen molar-refractivity contribution in [3.63, 3.8) is 0 Å². The highest BCUT2D eigenvalue weighted by Gasteiger charge is 2.38. The van der Waals surface area contributed by atoms with E-state index >= 15 is 0 Å². The number of carbonyl (C=O) groups excluding carboxylic acids is 1. The average molecular weight is 327 g/mol. The van der Waals surface area contributed by atoms with Crippen LogP contribution < -0.4 is 4.90 Å². The van der Waals surface area contributed by atoms with Gasteiger partial charge in [-0.3, -0.25) is 4.79 Å². The quantitative estimate of drug-likeness (QED) is 0.833. The molecule has 0 radical (unpaired) electrons. The van der Waals surface area contributed by atoms with Crippen molar-refractivity contribution in [3.8, 4) is 0 Å². The Balaban J connectivity index is 1.56. The molecule has 0 aliphatic carbocycles. The van der Waals surface area contributed by atoms with E-state index in [1.165, 1.54) is 0 Å². The zero-order valence-electron chi connectivity index (χ0n) is 13.9. The third kappa shape index (κ3) is 2.54. The van der Waals surface area contributed by atoms with Gasteiger partial charge in [-0.1, -0.05) is 11.3 Å². The smallest absolute Gasteiger partial charge is 0.254 e. The first-order chi connectivity index (χ1) is 11.6. The van der Waals surface area contributed by atoms with Gasteiger partial charge in [0.15, 0.2) is 0 Å². The van der Waals surface area contributed by atoms with Gasteiger partial charge in [-0.05, 0) is 24.6 Å². The summed E-state index contributed by atoms with van der Waals surface area (Å²) in [5, 5.41) is 8.16. The Kier molecular flexibility index (Phi) is 3.72. The fourth-order valence-corrected chi connectivity index (χ4v) is 3.46. The molecule has 1 aromatic carbocycles. The number of aromatic nitrogens is 3. The molecule has 2 aliphatic heterocycles. The number of amides is 1. The highest BCUT2D eigenvalue weighted by Crippen LogP contribution is 2.30. The molecule has 7 nitrogen and oxygen atoms in total. The number of piperidine rings is 1. The molecule has 0 unspecified atom stereocenters. The molecular formula is C17H21N5O2. The first-order valence-corrected chi connectivity index (χ1v) is 8.21. The van der Waals surface area contributed by atoms with Gasteiger partial charge in [0.05, 0.1) is 30.6 Å². The van der Waals surface area contributed by atoms with E-state index in [1.54, 1.807) is 6.20 Å². The maximum absolute atomic E-state index is 12.9. The van der Waals surface area contributed by atoms with E-state index in [9.17, 15) is 4.79 Å². The third-order valence-electron chi connectivity index (χ3n) is 4.83. The van der Waals surface area contributed by atoms with Gasteiger partial charge >= 0.3 is 0 Å². The van der Waals surface area contributed by atoms with Crippen LogP contribution in [0, 0.1) is 0 Å². The van der Waals surface area contributed by atoms with Gasteiger partial charge in [0.1, 0.15) is 0 Å². The van der Waals surface area contributed by atoms with Crippen LogP contribution in [0.2, 0.25) is 0 Å². The summed E-state index contributed by atoms with van der Waals surface area (Å²) in [5.74, 6) is 0.0596. The lowest BCUT2D eigenvalue weighted by Crippen LogP contribution is -2.49. The number of ether oxygens (including phenoxy) is 1. The molecule has 24 heavy (non-hydrogen) atoms. The van der Waals surface area contributed by atoms with Crippen LogP contribution in [0.3, 0.4) is 0 Å². The highest BCUT2D eigenvalue weighted by atomic mass is 16.5. The van der Waals surface area contributed by atoms with E-state index in [0.717, 1.165) is 23.4 Å². The number of hydrogen-bond donors (Lipinski definition) is 0. The first kappa shape index (κ1) is 15.1. The number of fused-ring (bicyclic) bond motifs is 3. The van der Waals surface area contributed by atoms with Gasteiger partial charge in [0, 0.05) is 38.4 Å². The number of carbonyl (C=O) groups is 1. The van der Waals surface area contributed by atoms with Gasteiger partial charge in [-0.2, -0.15) is 0 Å². The summed E-state index contributed by atoms with van der Waals surface area (Å²) >= 11 is 0. The topological polar surface area (TPSA) is 63.5 Å². The van der Waals surface area contributed by atoms with Crippen LogP contribution in [0.1, 0.15) is 28.5 Å². The second kappa shape index (κ2) is 5.90. The average Bonchev–Trinajstić information content (AvgIpc) is 3.10. The Morgan fingerprint density at radius 3 is 3.08 bits per heavy atom. The lowest BCUT2D eigenvalue weighted by Gasteiger charge is -2.41. The summed E-state index contributed by atoms with van der Waals surface area (Å²) in [6.07, 6.45) is 2.66. The zero-order chi connectivity index (χ0) is 16.7. The standard InChI is InChI=1S/C17H21N5O2/c1-20(2)13-5-3-4-12(8-13)17(23)21-7-6-16-15(10-21)22-14(11-24-16)9-18-19-22/h3-5,8-9,15-16H,6-7,10-11H2,1-2H3/t15-,16+/m0/s1. The molecule has 0 saturated carbocycles. The van der Waals surface area contributed by atoms with Crippen LogP contribution in [0.5, 0.6) is 0 Å². The monoisotopic (exact) mass is 327 g/mol. The minimum atomic E-state index is 0.0472. The van der Waals surface area contributed by atoms with Crippen LogP contribution in [0.4, 0.5) is 5.69 Å². The summed E-state index contributed by atoms with van der Waals surface area (Å²) in [4.78, 5) is 16.8. The molecule has 126 valence electrons. The predicted octanol–water partition coefficient (Wildman–Crippen LogP) is 1.33. The molecule has 0 spiro atoms. The van der Waals surface area contributed by atoms with Crippen LogP contribution in [0.15, 0.2) is 30.5 Å². The van der Waals surface area contributed by atoms with E-state index in [-0.39, 0.29) is 18.1 Å². The van der Waals surface area contributed by atoms with E-state index in [2.05, 4.69) is 10.3 Å². The molecule has 1 aromatic heterocycles. The van der Waals surface area contributed by atoms with Gasteiger partial charge in [-0.25, -0.2) is 4.68 Å². The van der Waals surface area contributed by atoms with E-state index in [4.69, 9.17) is 4.74 Å². The lowest BCUT2D eigenvalue weighted by atomic mass is 9.99. The van der Waals surface area contributed by atoms with Crippen molar-refractivity contribution in [2.75, 3.05) is 32.1 Å². The molecule has 2 atom stereocenters. The van der Waals surface area contributed by atoms with Crippen molar-refractivity contribution in [3.05, 3.63) is 41.7 Å². The van der Waals surface area contributed by atoms with E-state index in [1.807, 2.05) is 52.8 Å². The van der Waals surface area contributed by atoms with Crippen molar-refractivity contribution < 1.29 is 9.53 Å². The number of anilines is 1. The highest BCUT2D eigenvalue weighted by molar-refractivity contribution is 5.95. The van der Waals surface area contributed by atoms with Crippen molar-refractivity contribution in [2.45, 2.75) is 25.2 Å². The Labute approximate surface area is 140 Å². The van der Waals surface area contributed by atoms with Crippen LogP contribution in [0.25, 0.3) is 0 Å². The van der Waals surface area contributed by atoms with Crippen molar-refractivity contribution >= 4 is 11.6 Å². The Morgan fingerprint density at radius 2 is 2.25 bits per heavy atom. The largest absolute Gasteiger partial charge is 0.378 e. The number of nitrogens with zero attached hydrogens (tertiary/aromatic N) is 5. The molecule has 1 fully saturated rings. The summed E-state index contributed by atoms with van der Waals surface area (Å²) in [6.45, 7) is 1.86. The van der Waals surface area contributed by atoms with Crippen LogP contribution in [-0.4, -0.2) is 59.1 Å². The number of benzene rings is 1. The molecule has 0 N–H and O–H groups in total. The van der Waals surface area contributed by atoms with Gasteiger partial charge in [0.25, 0.3) is 5.91 Å². The summed E-state index contributed by atoms with van der Waals surface area (Å²) < 4.78 is 7.83. The van der Waals surface area contributed by atoms with E-state index < -0.39 is 0 Å². The number of likely N-dealkylation sites (tertiary alicyclic amines) is 1. The van der Waals surface area contributed by atoms with Crippen LogP contribution in [-0.2, 0) is 11.3 Å². The fraction of sp³-hybridized carbons (Fsp3) is 0.471. The molecule has 4 rings (SSSR count). The molecule has 1 amide bonds. The second-order valence-corrected chi connectivity index (χ2v) is 6.57. The minimum absolute atomic E-state index is 0.0472. The molecule has 7 heteroatoms. The number of rotatable bonds is 2. The number of hydrogen-bond acceptors (Lipinski definition) is 5. The minimum Gasteiger partial charge on any atom is -0.378 e. The summed E-state index contributed by atoms with van der Waals surface area (Å²) in [5.41, 5.74) is 2.71. The Morgan fingerprint density at radius 1 is 1.38 bits per heavy atom. The maximum atomic E-state index is 12.9. The van der Waals surface area contributed by atoms with Crippen molar-refractivity contribution in [1.82, 2.24) is 19.9 Å². The van der Waals surface area contributed by atoms with Crippen LogP contribution >= 0.6 is 0 Å². The molecular weight excluding hydrogens is 306 g/mol. The van der Waals surface area contributed by atoms with Gasteiger partial charge in [-0.15, -0.1) is 5.10 Å². The Bertz CT molecular complexity index is 757. The SMILES string of the molecule is CN(C)c1cccc(C(=O)N2CC[C@H]3OCc4cnnn4[C@H]3C2)c1. The maximum Gasteiger partial charge on any atom is 0.254 e. The molecule has 1 saturated heterocycles. The molecule has 2 aliphatic rings. The summed E-state index contributed by atoms with van der Waals surface area (Å²) in [7, 11) is 3.95. The fourth-order valence-electron chi connectivity index (χ4n) is 3.46. The third-order valence-corrected chi connectivity index (χ3v) is 4.83. The van der Waals surface area contributed by atoms with Crippen molar-refractivity contribution in [1.29, 1.82) is 0 Å².